The summed E-state index contributed by atoms with van der Waals surface area (Å²) in [6.07, 6.45) is 8.33. The molecule has 22 heavy (non-hydrogen) atoms. The molecule has 0 saturated heterocycles. The monoisotopic (exact) mass is 320 g/mol. The van der Waals surface area contributed by atoms with Gasteiger partial charge in [0, 0.05) is 18.1 Å². The standard InChI is InChI=1S/C18H25ClN2O/c1-21(13-16-8-5-9-17(19)12-16)14-18(22)20-11-10-15-6-3-2-4-7-15/h5-6,8-9,12H,2-4,7,10-11,13-14H2,1H3,(H,20,22). The van der Waals surface area contributed by atoms with E-state index in [1.807, 2.05) is 36.2 Å². The number of allylic oxidation sites excluding steroid dienone is 1. The van der Waals surface area contributed by atoms with E-state index in [0.29, 0.717) is 6.54 Å². The summed E-state index contributed by atoms with van der Waals surface area (Å²) in [6, 6.07) is 7.75. The second-order valence-electron chi connectivity index (χ2n) is 6.01. The average Bonchev–Trinajstić information content (AvgIpc) is 2.48. The minimum atomic E-state index is 0.0842. The van der Waals surface area contributed by atoms with Gasteiger partial charge in [-0.05, 0) is 56.8 Å². The maximum absolute atomic E-state index is 12.0. The molecule has 0 spiro atoms. The maximum Gasteiger partial charge on any atom is 0.234 e. The van der Waals surface area contributed by atoms with Crippen LogP contribution >= 0.6 is 11.6 Å². The minimum absolute atomic E-state index is 0.0842. The van der Waals surface area contributed by atoms with Gasteiger partial charge >= 0.3 is 0 Å². The lowest BCUT2D eigenvalue weighted by Gasteiger charge is -2.17. The number of hydrogen-bond acceptors (Lipinski definition) is 2. The van der Waals surface area contributed by atoms with Crippen molar-refractivity contribution in [2.45, 2.75) is 38.6 Å². The fourth-order valence-electron chi connectivity index (χ4n) is 2.80. The molecule has 4 heteroatoms. The number of amides is 1. The second kappa shape index (κ2) is 8.96. The van der Waals surface area contributed by atoms with Gasteiger partial charge < -0.3 is 5.32 Å². The zero-order chi connectivity index (χ0) is 15.8. The molecule has 0 saturated carbocycles. The topological polar surface area (TPSA) is 32.3 Å². The van der Waals surface area contributed by atoms with Crippen LogP contribution in [0.1, 0.15) is 37.7 Å². The van der Waals surface area contributed by atoms with Crippen LogP contribution in [-0.2, 0) is 11.3 Å². The van der Waals surface area contributed by atoms with Gasteiger partial charge in [-0.1, -0.05) is 35.4 Å². The molecule has 0 bridgehead atoms. The Morgan fingerprint density at radius 1 is 1.36 bits per heavy atom. The molecule has 2 rings (SSSR count). The van der Waals surface area contributed by atoms with Crippen LogP contribution in [-0.4, -0.2) is 30.9 Å². The number of nitrogens with one attached hydrogen (secondary N) is 1. The number of hydrogen-bond donors (Lipinski definition) is 1. The van der Waals surface area contributed by atoms with E-state index in [9.17, 15) is 4.79 Å². The van der Waals surface area contributed by atoms with Gasteiger partial charge in [0.1, 0.15) is 0 Å². The largest absolute Gasteiger partial charge is 0.355 e. The smallest absolute Gasteiger partial charge is 0.234 e. The fraction of sp³-hybridized carbons (Fsp3) is 0.500. The molecule has 0 fully saturated rings. The Labute approximate surface area is 138 Å². The summed E-state index contributed by atoms with van der Waals surface area (Å²) in [5.41, 5.74) is 2.62. The zero-order valence-electron chi connectivity index (χ0n) is 13.3. The predicted octanol–water partition coefficient (Wildman–Crippen LogP) is 3.78. The molecule has 1 aromatic carbocycles. The molecule has 0 radical (unpaired) electrons. The van der Waals surface area contributed by atoms with Gasteiger partial charge in [-0.3, -0.25) is 9.69 Å². The molecule has 1 N–H and O–H groups in total. The molecular formula is C18H25ClN2O. The first-order chi connectivity index (χ1) is 10.6. The zero-order valence-corrected chi connectivity index (χ0v) is 14.0. The molecule has 1 amide bonds. The summed E-state index contributed by atoms with van der Waals surface area (Å²) in [5.74, 6) is 0.0842. The van der Waals surface area contributed by atoms with E-state index >= 15 is 0 Å². The van der Waals surface area contributed by atoms with Gasteiger partial charge in [-0.25, -0.2) is 0 Å². The quantitative estimate of drug-likeness (QED) is 0.775. The SMILES string of the molecule is CN(CC(=O)NCCC1=CCCCC1)Cc1cccc(Cl)c1. The van der Waals surface area contributed by atoms with E-state index in [2.05, 4.69) is 11.4 Å². The number of likely N-dealkylation sites (N-methyl/N-ethyl adjacent to an activating group) is 1. The molecule has 0 unspecified atom stereocenters. The first-order valence-corrected chi connectivity index (χ1v) is 8.39. The van der Waals surface area contributed by atoms with Crippen LogP contribution in [0.15, 0.2) is 35.9 Å². The Balaban J connectivity index is 1.66. The molecular weight excluding hydrogens is 296 g/mol. The van der Waals surface area contributed by atoms with Crippen molar-refractivity contribution in [3.8, 4) is 0 Å². The Bertz CT molecular complexity index is 528. The summed E-state index contributed by atoms with van der Waals surface area (Å²) >= 11 is 5.97. The van der Waals surface area contributed by atoms with E-state index in [1.54, 1.807) is 0 Å². The lowest BCUT2D eigenvalue weighted by molar-refractivity contribution is -0.122. The van der Waals surface area contributed by atoms with E-state index < -0.39 is 0 Å². The molecule has 120 valence electrons. The summed E-state index contributed by atoms with van der Waals surface area (Å²) in [4.78, 5) is 14.0. The van der Waals surface area contributed by atoms with Crippen LogP contribution in [0.3, 0.4) is 0 Å². The van der Waals surface area contributed by atoms with Crippen molar-refractivity contribution in [3.63, 3.8) is 0 Å². The van der Waals surface area contributed by atoms with Crippen molar-refractivity contribution in [1.82, 2.24) is 10.2 Å². The van der Waals surface area contributed by atoms with Crippen LogP contribution in [0.25, 0.3) is 0 Å². The summed E-state index contributed by atoms with van der Waals surface area (Å²) in [7, 11) is 1.95. The molecule has 1 aliphatic carbocycles. The lowest BCUT2D eigenvalue weighted by Crippen LogP contribution is -2.35. The molecule has 3 nitrogen and oxygen atoms in total. The summed E-state index contributed by atoms with van der Waals surface area (Å²) < 4.78 is 0. The van der Waals surface area contributed by atoms with Gasteiger partial charge in [0.05, 0.1) is 6.54 Å². The highest BCUT2D eigenvalue weighted by Crippen LogP contribution is 2.19. The van der Waals surface area contributed by atoms with Crippen molar-refractivity contribution >= 4 is 17.5 Å². The maximum atomic E-state index is 12.0. The van der Waals surface area contributed by atoms with Crippen molar-refractivity contribution < 1.29 is 4.79 Å². The van der Waals surface area contributed by atoms with Gasteiger partial charge in [0.15, 0.2) is 0 Å². The lowest BCUT2D eigenvalue weighted by atomic mass is 9.97. The third-order valence-electron chi connectivity index (χ3n) is 3.91. The van der Waals surface area contributed by atoms with Crippen LogP contribution in [0.2, 0.25) is 5.02 Å². The van der Waals surface area contributed by atoms with Crippen LogP contribution < -0.4 is 5.32 Å². The fourth-order valence-corrected chi connectivity index (χ4v) is 3.01. The Morgan fingerprint density at radius 3 is 2.95 bits per heavy atom. The third-order valence-corrected chi connectivity index (χ3v) is 4.14. The minimum Gasteiger partial charge on any atom is -0.355 e. The molecule has 0 aliphatic heterocycles. The number of nitrogens with zero attached hydrogens (tertiary/aromatic N) is 1. The van der Waals surface area contributed by atoms with E-state index in [-0.39, 0.29) is 5.91 Å². The molecule has 1 aliphatic rings. The van der Waals surface area contributed by atoms with E-state index in [0.717, 1.165) is 30.1 Å². The van der Waals surface area contributed by atoms with Crippen molar-refractivity contribution in [2.75, 3.05) is 20.1 Å². The number of benzene rings is 1. The van der Waals surface area contributed by atoms with E-state index in [1.165, 1.54) is 31.3 Å². The molecule has 1 aromatic rings. The first kappa shape index (κ1) is 17.0. The number of carbonyl (C=O) groups is 1. The van der Waals surface area contributed by atoms with Crippen LogP contribution in [0, 0.1) is 0 Å². The number of carbonyl (C=O) groups excluding carboxylic acids is 1. The van der Waals surface area contributed by atoms with Gasteiger partial charge in [-0.15, -0.1) is 0 Å². The Kier molecular flexibility index (Phi) is 6.94. The van der Waals surface area contributed by atoms with Gasteiger partial charge in [-0.2, -0.15) is 0 Å². The highest BCUT2D eigenvalue weighted by molar-refractivity contribution is 6.30. The molecule has 0 heterocycles. The van der Waals surface area contributed by atoms with Crippen molar-refractivity contribution in [3.05, 3.63) is 46.5 Å². The molecule has 0 atom stereocenters. The van der Waals surface area contributed by atoms with Crippen LogP contribution in [0.5, 0.6) is 0 Å². The summed E-state index contributed by atoms with van der Waals surface area (Å²) in [6.45, 7) is 1.88. The van der Waals surface area contributed by atoms with Crippen LogP contribution in [0.4, 0.5) is 0 Å². The van der Waals surface area contributed by atoms with Gasteiger partial charge in [0.2, 0.25) is 5.91 Å². The number of rotatable bonds is 7. The normalized spacial score (nSPS) is 14.8. The number of halogens is 1. The average molecular weight is 321 g/mol. The van der Waals surface area contributed by atoms with Gasteiger partial charge in [0.25, 0.3) is 0 Å². The van der Waals surface area contributed by atoms with E-state index in [4.69, 9.17) is 11.6 Å². The second-order valence-corrected chi connectivity index (χ2v) is 6.45. The highest BCUT2D eigenvalue weighted by atomic mass is 35.5. The third kappa shape index (κ3) is 6.20. The summed E-state index contributed by atoms with van der Waals surface area (Å²) in [5, 5.41) is 3.74. The Morgan fingerprint density at radius 2 is 2.23 bits per heavy atom. The highest BCUT2D eigenvalue weighted by Gasteiger charge is 2.08. The first-order valence-electron chi connectivity index (χ1n) is 8.01. The molecule has 0 aromatic heterocycles. The van der Waals surface area contributed by atoms with Crippen molar-refractivity contribution in [1.29, 1.82) is 0 Å². The Hall–Kier alpha value is -1.32. The van der Waals surface area contributed by atoms with Crippen molar-refractivity contribution in [2.24, 2.45) is 0 Å². The predicted molar refractivity (Wildman–Crippen MR) is 92.0 cm³/mol.